The van der Waals surface area contributed by atoms with Gasteiger partial charge in [-0.2, -0.15) is 0 Å². The number of H-pyrrole nitrogens is 1. The third-order valence-electron chi connectivity index (χ3n) is 7.59. The van der Waals surface area contributed by atoms with Gasteiger partial charge in [-0.1, -0.05) is 29.8 Å². The SMILES string of the molecule is CN1CCN(CCc2ccc(NC(=O)c3ccc4nc(-c5cc(-c6cccnc6Cl)ccc5O)[nH]c4c3)cc2)CC1. The van der Waals surface area contributed by atoms with Crippen molar-refractivity contribution in [1.82, 2.24) is 24.8 Å². The van der Waals surface area contributed by atoms with Crippen molar-refractivity contribution in [2.24, 2.45) is 0 Å². The molecule has 6 rings (SSSR count). The molecular weight excluding hydrogens is 536 g/mol. The standard InChI is InChI=1S/C32H31ClN6O2/c1-38-15-17-39(18-16-38)14-12-21-4-8-24(9-5-21)35-32(41)23-6-10-27-28(20-23)37-31(36-27)26-19-22(7-11-29(26)40)25-3-2-13-34-30(25)33/h2-11,13,19-20,40H,12,14-18H2,1H3,(H,35,41)(H,36,37). The molecule has 1 saturated heterocycles. The molecule has 9 heteroatoms. The Hall–Kier alpha value is -4.24. The van der Waals surface area contributed by atoms with E-state index in [2.05, 4.69) is 49.2 Å². The molecule has 5 aromatic rings. The molecule has 1 aliphatic heterocycles. The maximum absolute atomic E-state index is 13.1. The third kappa shape index (κ3) is 6.10. The summed E-state index contributed by atoms with van der Waals surface area (Å²) >= 11 is 6.28. The Morgan fingerprint density at radius 3 is 2.59 bits per heavy atom. The molecular formula is C32H31ClN6O2. The largest absolute Gasteiger partial charge is 0.507 e. The Morgan fingerprint density at radius 2 is 1.80 bits per heavy atom. The van der Waals surface area contributed by atoms with E-state index in [1.54, 1.807) is 36.5 Å². The number of fused-ring (bicyclic) bond motifs is 1. The molecule has 3 N–H and O–H groups in total. The summed E-state index contributed by atoms with van der Waals surface area (Å²) in [4.78, 5) is 30.0. The van der Waals surface area contributed by atoms with Gasteiger partial charge in [0.15, 0.2) is 0 Å². The number of hydrogen-bond acceptors (Lipinski definition) is 6. The fourth-order valence-corrected chi connectivity index (χ4v) is 5.32. The molecule has 0 radical (unpaired) electrons. The molecule has 1 fully saturated rings. The van der Waals surface area contributed by atoms with Crippen molar-refractivity contribution >= 4 is 34.2 Å². The quantitative estimate of drug-likeness (QED) is 0.219. The number of carbonyl (C=O) groups excluding carboxylic acids is 1. The van der Waals surface area contributed by atoms with Gasteiger partial charge in [-0.05, 0) is 79.2 Å². The number of benzene rings is 3. The Kier molecular flexibility index (Phi) is 7.69. The molecule has 3 heterocycles. The number of amides is 1. The van der Waals surface area contributed by atoms with Crippen LogP contribution >= 0.6 is 11.6 Å². The summed E-state index contributed by atoms with van der Waals surface area (Å²) in [7, 11) is 2.17. The maximum atomic E-state index is 13.1. The topological polar surface area (TPSA) is 97.4 Å². The molecule has 0 bridgehead atoms. The van der Waals surface area contributed by atoms with Gasteiger partial charge >= 0.3 is 0 Å². The lowest BCUT2D eigenvalue weighted by Gasteiger charge is -2.32. The van der Waals surface area contributed by atoms with E-state index in [1.807, 2.05) is 30.3 Å². The average molecular weight is 567 g/mol. The monoisotopic (exact) mass is 566 g/mol. The highest BCUT2D eigenvalue weighted by molar-refractivity contribution is 6.32. The number of aromatic nitrogens is 3. The van der Waals surface area contributed by atoms with E-state index in [0.29, 0.717) is 33.1 Å². The molecule has 0 aliphatic carbocycles. The van der Waals surface area contributed by atoms with Gasteiger partial charge in [0.1, 0.15) is 16.7 Å². The van der Waals surface area contributed by atoms with Crippen molar-refractivity contribution in [3.8, 4) is 28.3 Å². The number of likely N-dealkylation sites (N-methyl/N-ethyl adjacent to an activating group) is 1. The highest BCUT2D eigenvalue weighted by atomic mass is 35.5. The van der Waals surface area contributed by atoms with E-state index in [4.69, 9.17) is 11.6 Å². The van der Waals surface area contributed by atoms with Crippen molar-refractivity contribution in [3.05, 3.63) is 95.3 Å². The van der Waals surface area contributed by atoms with Gasteiger partial charge < -0.3 is 25.2 Å². The smallest absolute Gasteiger partial charge is 0.255 e. The Balaban J connectivity index is 1.14. The molecule has 0 unspecified atom stereocenters. The van der Waals surface area contributed by atoms with Crippen LogP contribution in [0.3, 0.4) is 0 Å². The highest BCUT2D eigenvalue weighted by Gasteiger charge is 2.16. The van der Waals surface area contributed by atoms with E-state index < -0.39 is 0 Å². The fourth-order valence-electron chi connectivity index (χ4n) is 5.09. The molecule has 0 saturated carbocycles. The van der Waals surface area contributed by atoms with Crippen molar-refractivity contribution in [3.63, 3.8) is 0 Å². The first kappa shape index (κ1) is 27.0. The number of phenolic OH excluding ortho intramolecular Hbond substituents is 1. The van der Waals surface area contributed by atoms with Gasteiger partial charge in [-0.15, -0.1) is 0 Å². The van der Waals surface area contributed by atoms with Gasteiger partial charge in [0.25, 0.3) is 5.91 Å². The van der Waals surface area contributed by atoms with Gasteiger partial charge in [0.2, 0.25) is 0 Å². The summed E-state index contributed by atoms with van der Waals surface area (Å²) in [6.45, 7) is 5.51. The normalized spacial score (nSPS) is 14.4. The van der Waals surface area contributed by atoms with E-state index in [-0.39, 0.29) is 11.7 Å². The zero-order chi connectivity index (χ0) is 28.3. The summed E-state index contributed by atoms with van der Waals surface area (Å²) < 4.78 is 0. The van der Waals surface area contributed by atoms with Gasteiger partial charge in [-0.25, -0.2) is 9.97 Å². The fraction of sp³-hybridized carbons (Fsp3) is 0.219. The number of pyridine rings is 1. The van der Waals surface area contributed by atoms with Crippen LogP contribution in [-0.2, 0) is 6.42 Å². The number of halogens is 1. The zero-order valence-corrected chi connectivity index (χ0v) is 23.5. The van der Waals surface area contributed by atoms with Crippen LogP contribution in [-0.4, -0.2) is 75.5 Å². The molecule has 1 aliphatic rings. The average Bonchev–Trinajstić information content (AvgIpc) is 3.41. The first-order chi connectivity index (χ1) is 19.9. The number of nitrogens with zero attached hydrogens (tertiary/aromatic N) is 4. The number of imidazole rings is 1. The van der Waals surface area contributed by atoms with Crippen LogP contribution in [0.15, 0.2) is 79.0 Å². The molecule has 208 valence electrons. The van der Waals surface area contributed by atoms with Crippen molar-refractivity contribution in [2.75, 3.05) is 45.1 Å². The summed E-state index contributed by atoms with van der Waals surface area (Å²) in [6.07, 6.45) is 2.62. The van der Waals surface area contributed by atoms with Crippen molar-refractivity contribution in [2.45, 2.75) is 6.42 Å². The number of carbonyl (C=O) groups is 1. The molecule has 41 heavy (non-hydrogen) atoms. The van der Waals surface area contributed by atoms with Crippen molar-refractivity contribution < 1.29 is 9.90 Å². The predicted octanol–water partition coefficient (Wildman–Crippen LogP) is 5.69. The minimum Gasteiger partial charge on any atom is -0.507 e. The minimum atomic E-state index is -0.204. The summed E-state index contributed by atoms with van der Waals surface area (Å²) in [5, 5.41) is 14.0. The lowest BCUT2D eigenvalue weighted by atomic mass is 10.0. The number of rotatable bonds is 7. The molecule has 1 amide bonds. The zero-order valence-electron chi connectivity index (χ0n) is 22.8. The van der Waals surface area contributed by atoms with E-state index in [1.165, 1.54) is 5.56 Å². The lowest BCUT2D eigenvalue weighted by molar-refractivity contribution is 0.102. The number of aromatic hydroxyl groups is 1. The van der Waals surface area contributed by atoms with Crippen LogP contribution in [0, 0.1) is 0 Å². The van der Waals surface area contributed by atoms with Crippen LogP contribution in [0.5, 0.6) is 5.75 Å². The maximum Gasteiger partial charge on any atom is 0.255 e. The molecule has 2 aromatic heterocycles. The number of nitrogens with one attached hydrogen (secondary N) is 2. The minimum absolute atomic E-state index is 0.0813. The summed E-state index contributed by atoms with van der Waals surface area (Å²) in [5.41, 5.74) is 5.98. The first-order valence-corrected chi connectivity index (χ1v) is 14.1. The van der Waals surface area contributed by atoms with Gasteiger partial charge in [0, 0.05) is 55.7 Å². The Labute approximate surface area is 243 Å². The highest BCUT2D eigenvalue weighted by Crippen LogP contribution is 2.35. The van der Waals surface area contributed by atoms with E-state index >= 15 is 0 Å². The van der Waals surface area contributed by atoms with Crippen molar-refractivity contribution in [1.29, 1.82) is 0 Å². The molecule has 8 nitrogen and oxygen atoms in total. The van der Waals surface area contributed by atoms with Crippen LogP contribution in [0.1, 0.15) is 15.9 Å². The second-order valence-corrected chi connectivity index (χ2v) is 10.8. The third-order valence-corrected chi connectivity index (χ3v) is 7.89. The Morgan fingerprint density at radius 1 is 1.00 bits per heavy atom. The van der Waals surface area contributed by atoms with Crippen LogP contribution in [0.4, 0.5) is 5.69 Å². The molecule has 3 aromatic carbocycles. The van der Waals surface area contributed by atoms with Gasteiger partial charge in [0.05, 0.1) is 16.6 Å². The van der Waals surface area contributed by atoms with Crippen LogP contribution in [0.25, 0.3) is 33.5 Å². The Bertz CT molecular complexity index is 1690. The lowest BCUT2D eigenvalue weighted by Crippen LogP contribution is -2.45. The second-order valence-electron chi connectivity index (χ2n) is 10.4. The summed E-state index contributed by atoms with van der Waals surface area (Å²) in [5.74, 6) is 0.367. The van der Waals surface area contributed by atoms with E-state index in [0.717, 1.165) is 56.0 Å². The predicted molar refractivity (Wildman–Crippen MR) is 163 cm³/mol. The summed E-state index contributed by atoms with van der Waals surface area (Å²) in [6, 6.07) is 22.3. The number of aromatic amines is 1. The second kappa shape index (κ2) is 11.7. The number of anilines is 1. The van der Waals surface area contributed by atoms with Crippen LogP contribution in [0.2, 0.25) is 5.15 Å². The number of phenols is 1. The van der Waals surface area contributed by atoms with Crippen LogP contribution < -0.4 is 5.32 Å². The number of piperazine rings is 1. The first-order valence-electron chi connectivity index (χ1n) is 13.7. The van der Waals surface area contributed by atoms with E-state index in [9.17, 15) is 9.90 Å². The number of hydrogen-bond donors (Lipinski definition) is 3. The molecule has 0 spiro atoms. The molecule has 0 atom stereocenters. The van der Waals surface area contributed by atoms with Gasteiger partial charge in [-0.3, -0.25) is 4.79 Å².